The van der Waals surface area contributed by atoms with Crippen molar-refractivity contribution in [3.05, 3.63) is 64.1 Å². The summed E-state index contributed by atoms with van der Waals surface area (Å²) >= 11 is 3.59. The largest absolute Gasteiger partial charge is 0.497 e. The molecule has 2 rings (SSSR count). The minimum absolute atomic E-state index is 0.882. The molecule has 0 saturated carbocycles. The lowest BCUT2D eigenvalue weighted by molar-refractivity contribution is 0.317. The van der Waals surface area contributed by atoms with Crippen LogP contribution in [0.5, 0.6) is 5.75 Å². The van der Waals surface area contributed by atoms with Crippen LogP contribution in [0, 0.1) is 0 Å². The summed E-state index contributed by atoms with van der Waals surface area (Å²) in [5.74, 6) is 0.895. The predicted octanol–water partition coefficient (Wildman–Crippen LogP) is 4.09. The molecule has 0 fully saturated rings. The number of methoxy groups -OCH3 is 1. The zero-order chi connectivity index (χ0) is 13.7. The van der Waals surface area contributed by atoms with Crippen LogP contribution in [-0.2, 0) is 13.1 Å². The third kappa shape index (κ3) is 4.08. The van der Waals surface area contributed by atoms with Crippen molar-refractivity contribution in [1.29, 1.82) is 0 Å². The minimum atomic E-state index is 0.882. The molecule has 3 heteroatoms. The van der Waals surface area contributed by atoms with Gasteiger partial charge in [0.2, 0.25) is 0 Å². The van der Waals surface area contributed by atoms with E-state index in [-0.39, 0.29) is 0 Å². The van der Waals surface area contributed by atoms with E-state index in [4.69, 9.17) is 4.74 Å². The summed E-state index contributed by atoms with van der Waals surface area (Å²) in [7, 11) is 3.82. The molecule has 2 nitrogen and oxygen atoms in total. The second kappa shape index (κ2) is 6.73. The molecule has 0 bridgehead atoms. The Balaban J connectivity index is 2.04. The molecule has 0 heterocycles. The molecule has 0 spiro atoms. The van der Waals surface area contributed by atoms with Gasteiger partial charge >= 0.3 is 0 Å². The molecule has 2 aromatic rings. The molecule has 0 amide bonds. The SMILES string of the molecule is COc1ccc(Br)c(CN(C)Cc2ccccc2)c1. The fourth-order valence-corrected chi connectivity index (χ4v) is 2.41. The van der Waals surface area contributed by atoms with E-state index in [0.717, 1.165) is 23.3 Å². The highest BCUT2D eigenvalue weighted by atomic mass is 79.9. The number of ether oxygens (including phenoxy) is 1. The van der Waals surface area contributed by atoms with Gasteiger partial charge in [0, 0.05) is 17.6 Å². The van der Waals surface area contributed by atoms with Crippen molar-refractivity contribution < 1.29 is 4.74 Å². The first kappa shape index (κ1) is 14.1. The van der Waals surface area contributed by atoms with Gasteiger partial charge in [-0.2, -0.15) is 0 Å². The highest BCUT2D eigenvalue weighted by molar-refractivity contribution is 9.10. The molecule has 0 saturated heterocycles. The Hall–Kier alpha value is -1.32. The number of hydrogen-bond acceptors (Lipinski definition) is 2. The van der Waals surface area contributed by atoms with E-state index in [1.165, 1.54) is 11.1 Å². The molecule has 0 atom stereocenters. The maximum absolute atomic E-state index is 5.27. The van der Waals surface area contributed by atoms with Crippen LogP contribution in [0.15, 0.2) is 53.0 Å². The Kier molecular flexibility index (Phi) is 5.00. The molecule has 0 aliphatic rings. The van der Waals surface area contributed by atoms with Gasteiger partial charge < -0.3 is 4.74 Å². The summed E-state index contributed by atoms with van der Waals surface area (Å²) < 4.78 is 6.39. The van der Waals surface area contributed by atoms with Gasteiger partial charge in [-0.25, -0.2) is 0 Å². The van der Waals surface area contributed by atoms with Crippen molar-refractivity contribution in [3.63, 3.8) is 0 Å². The highest BCUT2D eigenvalue weighted by Crippen LogP contribution is 2.23. The normalized spacial score (nSPS) is 10.7. The average molecular weight is 320 g/mol. The maximum atomic E-state index is 5.27. The van der Waals surface area contributed by atoms with Crippen LogP contribution in [0.1, 0.15) is 11.1 Å². The van der Waals surface area contributed by atoms with Gasteiger partial charge in [-0.3, -0.25) is 4.90 Å². The Bertz CT molecular complexity index is 528. The van der Waals surface area contributed by atoms with Gasteiger partial charge in [0.1, 0.15) is 5.75 Å². The van der Waals surface area contributed by atoms with E-state index >= 15 is 0 Å². The van der Waals surface area contributed by atoms with E-state index in [2.05, 4.69) is 58.2 Å². The van der Waals surface area contributed by atoms with Crippen molar-refractivity contribution in [2.75, 3.05) is 14.2 Å². The van der Waals surface area contributed by atoms with Crippen molar-refractivity contribution >= 4 is 15.9 Å². The molecular weight excluding hydrogens is 302 g/mol. The summed E-state index contributed by atoms with van der Waals surface area (Å²) in [6.45, 7) is 1.82. The lowest BCUT2D eigenvalue weighted by atomic mass is 10.1. The molecule has 19 heavy (non-hydrogen) atoms. The van der Waals surface area contributed by atoms with E-state index < -0.39 is 0 Å². The van der Waals surface area contributed by atoms with Gasteiger partial charge in [0.25, 0.3) is 0 Å². The number of nitrogens with zero attached hydrogens (tertiary/aromatic N) is 1. The Labute approximate surface area is 123 Å². The second-order valence-corrected chi connectivity index (χ2v) is 5.47. The number of hydrogen-bond donors (Lipinski definition) is 0. The molecule has 0 unspecified atom stereocenters. The minimum Gasteiger partial charge on any atom is -0.497 e. The highest BCUT2D eigenvalue weighted by Gasteiger charge is 2.06. The lowest BCUT2D eigenvalue weighted by Crippen LogP contribution is -2.17. The van der Waals surface area contributed by atoms with E-state index in [9.17, 15) is 0 Å². The Morgan fingerprint density at radius 2 is 1.79 bits per heavy atom. The quantitative estimate of drug-likeness (QED) is 0.823. The van der Waals surface area contributed by atoms with Crippen molar-refractivity contribution in [2.24, 2.45) is 0 Å². The standard InChI is InChI=1S/C16H18BrNO/c1-18(11-13-6-4-3-5-7-13)12-14-10-15(19-2)8-9-16(14)17/h3-10H,11-12H2,1-2H3. The maximum Gasteiger partial charge on any atom is 0.119 e. The van der Waals surface area contributed by atoms with Crippen molar-refractivity contribution in [2.45, 2.75) is 13.1 Å². The summed E-state index contributed by atoms with van der Waals surface area (Å²) in [5.41, 5.74) is 2.56. The van der Waals surface area contributed by atoms with Gasteiger partial charge in [0.05, 0.1) is 7.11 Å². The van der Waals surface area contributed by atoms with Crippen molar-refractivity contribution in [3.8, 4) is 5.75 Å². The van der Waals surface area contributed by atoms with E-state index in [0.29, 0.717) is 0 Å². The monoisotopic (exact) mass is 319 g/mol. The van der Waals surface area contributed by atoms with Crippen LogP contribution in [0.4, 0.5) is 0 Å². The Morgan fingerprint density at radius 1 is 1.05 bits per heavy atom. The smallest absolute Gasteiger partial charge is 0.119 e. The molecule has 0 radical (unpaired) electrons. The first-order valence-corrected chi connectivity index (χ1v) is 7.03. The van der Waals surface area contributed by atoms with Gasteiger partial charge in [0.15, 0.2) is 0 Å². The third-order valence-corrected chi connectivity index (χ3v) is 3.76. The first-order chi connectivity index (χ1) is 9.19. The molecule has 0 aliphatic heterocycles. The average Bonchev–Trinajstić information content (AvgIpc) is 2.42. The fraction of sp³-hybridized carbons (Fsp3) is 0.250. The van der Waals surface area contributed by atoms with Crippen LogP contribution in [0.2, 0.25) is 0 Å². The molecule has 0 N–H and O–H groups in total. The van der Waals surface area contributed by atoms with Gasteiger partial charge in [-0.05, 0) is 36.4 Å². The molecule has 100 valence electrons. The Morgan fingerprint density at radius 3 is 2.47 bits per heavy atom. The van der Waals surface area contributed by atoms with E-state index in [1.54, 1.807) is 7.11 Å². The molecule has 2 aromatic carbocycles. The third-order valence-electron chi connectivity index (χ3n) is 2.99. The molecule has 0 aliphatic carbocycles. The fourth-order valence-electron chi connectivity index (χ4n) is 2.04. The van der Waals surface area contributed by atoms with Crippen LogP contribution < -0.4 is 4.74 Å². The summed E-state index contributed by atoms with van der Waals surface area (Å²) in [4.78, 5) is 2.29. The molecular formula is C16H18BrNO. The zero-order valence-electron chi connectivity index (χ0n) is 11.3. The zero-order valence-corrected chi connectivity index (χ0v) is 12.9. The summed E-state index contributed by atoms with van der Waals surface area (Å²) in [6, 6.07) is 16.6. The predicted molar refractivity (Wildman–Crippen MR) is 82.3 cm³/mol. The van der Waals surface area contributed by atoms with Crippen LogP contribution >= 0.6 is 15.9 Å². The van der Waals surface area contributed by atoms with Crippen molar-refractivity contribution in [1.82, 2.24) is 4.90 Å². The van der Waals surface area contributed by atoms with Crippen LogP contribution in [-0.4, -0.2) is 19.1 Å². The number of rotatable bonds is 5. The summed E-state index contributed by atoms with van der Waals surface area (Å²) in [5, 5.41) is 0. The summed E-state index contributed by atoms with van der Waals surface area (Å²) in [6.07, 6.45) is 0. The lowest BCUT2D eigenvalue weighted by Gasteiger charge is -2.18. The number of halogens is 1. The number of benzene rings is 2. The second-order valence-electron chi connectivity index (χ2n) is 4.62. The van der Waals surface area contributed by atoms with Gasteiger partial charge in [-0.1, -0.05) is 46.3 Å². The van der Waals surface area contributed by atoms with Crippen LogP contribution in [0.3, 0.4) is 0 Å². The topological polar surface area (TPSA) is 12.5 Å². The van der Waals surface area contributed by atoms with Crippen LogP contribution in [0.25, 0.3) is 0 Å². The van der Waals surface area contributed by atoms with Gasteiger partial charge in [-0.15, -0.1) is 0 Å². The van der Waals surface area contributed by atoms with E-state index in [1.807, 2.05) is 18.2 Å². The molecule has 0 aromatic heterocycles. The first-order valence-electron chi connectivity index (χ1n) is 6.24.